The zero-order valence-corrected chi connectivity index (χ0v) is 14.0. The maximum atomic E-state index is 12.3. The van der Waals surface area contributed by atoms with E-state index in [1.54, 1.807) is 6.07 Å². The second-order valence-electron chi connectivity index (χ2n) is 5.93. The van der Waals surface area contributed by atoms with Crippen LogP contribution in [0.1, 0.15) is 29.3 Å². The molecule has 2 aromatic heterocycles. The van der Waals surface area contributed by atoms with Crippen LogP contribution < -0.4 is 4.74 Å². The Hall–Kier alpha value is -2.34. The lowest BCUT2D eigenvalue weighted by molar-refractivity contribution is 0.0627. The monoisotopic (exact) mass is 329 g/mol. The molecule has 2 aromatic rings. The molecule has 1 amide bonds. The molecule has 6 heteroatoms. The summed E-state index contributed by atoms with van der Waals surface area (Å²) in [5.41, 5.74) is 1.78. The number of ether oxygens (including phenoxy) is 1. The highest BCUT2D eigenvalue weighted by Gasteiger charge is 2.22. The van der Waals surface area contributed by atoms with Crippen molar-refractivity contribution in [2.75, 3.05) is 32.8 Å². The number of carbonyl (C=O) groups is 1. The molecule has 1 aliphatic heterocycles. The van der Waals surface area contributed by atoms with Crippen molar-refractivity contribution in [2.24, 2.45) is 0 Å². The summed E-state index contributed by atoms with van der Waals surface area (Å²) in [7, 11) is 0. The van der Waals surface area contributed by atoms with Crippen LogP contribution in [0.2, 0.25) is 0 Å². The van der Waals surface area contributed by atoms with Gasteiger partial charge >= 0.3 is 0 Å². The summed E-state index contributed by atoms with van der Waals surface area (Å²) in [4.78, 5) is 20.8. The number of aromatic nitrogens is 1. The maximum absolute atomic E-state index is 12.3. The molecule has 0 radical (unpaired) electrons. The van der Waals surface area contributed by atoms with E-state index in [9.17, 15) is 4.79 Å². The largest absolute Gasteiger partial charge is 0.478 e. The van der Waals surface area contributed by atoms with Gasteiger partial charge in [-0.2, -0.15) is 0 Å². The lowest BCUT2D eigenvalue weighted by Gasteiger charge is -2.34. The first-order valence-electron chi connectivity index (χ1n) is 8.38. The molecule has 24 heavy (non-hydrogen) atoms. The normalized spacial score (nSPS) is 15.5. The standard InChI is InChI=1S/C18H23N3O3/c1-2-10-24-17-4-3-15(12-19-17)13-20-6-8-21(9-7-20)18(22)16-5-11-23-14-16/h3-5,11-12,14H,2,6-10,13H2,1H3. The van der Waals surface area contributed by atoms with E-state index in [4.69, 9.17) is 9.15 Å². The Morgan fingerprint density at radius 1 is 1.25 bits per heavy atom. The molecule has 0 aromatic carbocycles. The van der Waals surface area contributed by atoms with E-state index in [1.165, 1.54) is 12.5 Å². The zero-order chi connectivity index (χ0) is 16.8. The quantitative estimate of drug-likeness (QED) is 0.814. The Balaban J connectivity index is 1.47. The SMILES string of the molecule is CCCOc1ccc(CN2CCN(C(=O)c3ccoc3)CC2)cn1. The van der Waals surface area contributed by atoms with Gasteiger partial charge in [-0.25, -0.2) is 4.98 Å². The van der Waals surface area contributed by atoms with Gasteiger partial charge in [-0.1, -0.05) is 13.0 Å². The van der Waals surface area contributed by atoms with E-state index >= 15 is 0 Å². The summed E-state index contributed by atoms with van der Waals surface area (Å²) in [6.45, 7) is 6.79. The molecule has 0 bridgehead atoms. The summed E-state index contributed by atoms with van der Waals surface area (Å²) < 4.78 is 10.5. The highest BCUT2D eigenvalue weighted by atomic mass is 16.5. The summed E-state index contributed by atoms with van der Waals surface area (Å²) in [5, 5.41) is 0. The predicted molar refractivity (Wildman–Crippen MR) is 89.9 cm³/mol. The van der Waals surface area contributed by atoms with Crippen LogP contribution in [0.5, 0.6) is 5.88 Å². The van der Waals surface area contributed by atoms with E-state index in [2.05, 4.69) is 22.9 Å². The van der Waals surface area contributed by atoms with Gasteiger partial charge in [-0.3, -0.25) is 9.69 Å². The van der Waals surface area contributed by atoms with Crippen LogP contribution in [-0.4, -0.2) is 53.5 Å². The number of amides is 1. The summed E-state index contributed by atoms with van der Waals surface area (Å²) in [6, 6.07) is 5.69. The summed E-state index contributed by atoms with van der Waals surface area (Å²) in [6.07, 6.45) is 5.88. The molecular weight excluding hydrogens is 306 g/mol. The Kier molecular flexibility index (Phi) is 5.48. The lowest BCUT2D eigenvalue weighted by atomic mass is 10.2. The van der Waals surface area contributed by atoms with Gasteiger partial charge in [-0.05, 0) is 18.1 Å². The number of carbonyl (C=O) groups excluding carboxylic acids is 1. The van der Waals surface area contributed by atoms with Gasteiger partial charge in [0, 0.05) is 45.0 Å². The van der Waals surface area contributed by atoms with Crippen LogP contribution in [0.3, 0.4) is 0 Å². The molecule has 0 unspecified atom stereocenters. The highest BCUT2D eigenvalue weighted by molar-refractivity contribution is 5.93. The second kappa shape index (κ2) is 7.97. The molecule has 1 saturated heterocycles. The maximum Gasteiger partial charge on any atom is 0.257 e. The number of nitrogens with zero attached hydrogens (tertiary/aromatic N) is 3. The van der Waals surface area contributed by atoms with Crippen molar-refractivity contribution in [2.45, 2.75) is 19.9 Å². The van der Waals surface area contributed by atoms with Gasteiger partial charge in [0.15, 0.2) is 0 Å². The van der Waals surface area contributed by atoms with Gasteiger partial charge in [-0.15, -0.1) is 0 Å². The number of hydrogen-bond donors (Lipinski definition) is 0. The third-order valence-corrected chi connectivity index (χ3v) is 4.09. The van der Waals surface area contributed by atoms with Gasteiger partial charge in [0.05, 0.1) is 18.4 Å². The zero-order valence-electron chi connectivity index (χ0n) is 14.0. The fourth-order valence-electron chi connectivity index (χ4n) is 2.73. The van der Waals surface area contributed by atoms with E-state index in [0.29, 0.717) is 18.1 Å². The fourth-order valence-corrected chi connectivity index (χ4v) is 2.73. The second-order valence-corrected chi connectivity index (χ2v) is 5.93. The number of rotatable bonds is 6. The molecule has 0 N–H and O–H groups in total. The third-order valence-electron chi connectivity index (χ3n) is 4.09. The molecule has 0 aliphatic carbocycles. The van der Waals surface area contributed by atoms with Crippen molar-refractivity contribution in [1.29, 1.82) is 0 Å². The Bertz CT molecular complexity index is 632. The number of furan rings is 1. The molecule has 1 aliphatic rings. The molecule has 0 atom stereocenters. The van der Waals surface area contributed by atoms with E-state index in [-0.39, 0.29) is 5.91 Å². The van der Waals surface area contributed by atoms with E-state index < -0.39 is 0 Å². The van der Waals surface area contributed by atoms with Crippen LogP contribution in [-0.2, 0) is 6.54 Å². The predicted octanol–water partition coefficient (Wildman–Crippen LogP) is 2.42. The van der Waals surface area contributed by atoms with E-state index in [0.717, 1.165) is 44.7 Å². The van der Waals surface area contributed by atoms with Gasteiger partial charge < -0.3 is 14.1 Å². The fraction of sp³-hybridized carbons (Fsp3) is 0.444. The highest BCUT2D eigenvalue weighted by Crippen LogP contribution is 2.13. The molecule has 3 heterocycles. The number of hydrogen-bond acceptors (Lipinski definition) is 5. The minimum atomic E-state index is 0.0440. The third kappa shape index (κ3) is 4.14. The number of pyridine rings is 1. The molecule has 128 valence electrons. The van der Waals surface area contributed by atoms with Crippen LogP contribution in [0.4, 0.5) is 0 Å². The van der Waals surface area contributed by atoms with Gasteiger partial charge in [0.2, 0.25) is 5.88 Å². The smallest absolute Gasteiger partial charge is 0.257 e. The van der Waals surface area contributed by atoms with Crippen molar-refractivity contribution in [3.63, 3.8) is 0 Å². The first-order chi connectivity index (χ1) is 11.8. The molecule has 6 nitrogen and oxygen atoms in total. The summed E-state index contributed by atoms with van der Waals surface area (Å²) >= 11 is 0. The van der Waals surface area contributed by atoms with Crippen LogP contribution in [0, 0.1) is 0 Å². The van der Waals surface area contributed by atoms with Crippen LogP contribution >= 0.6 is 0 Å². The molecular formula is C18H23N3O3. The molecule has 1 fully saturated rings. The van der Waals surface area contributed by atoms with Crippen LogP contribution in [0.25, 0.3) is 0 Å². The Morgan fingerprint density at radius 3 is 2.71 bits per heavy atom. The first kappa shape index (κ1) is 16.5. The van der Waals surface area contributed by atoms with Gasteiger partial charge in [0.1, 0.15) is 6.26 Å². The lowest BCUT2D eigenvalue weighted by Crippen LogP contribution is -2.48. The van der Waals surface area contributed by atoms with Crippen molar-refractivity contribution in [3.05, 3.63) is 48.0 Å². The van der Waals surface area contributed by atoms with E-state index in [1.807, 2.05) is 17.2 Å². The number of piperazine rings is 1. The minimum Gasteiger partial charge on any atom is -0.478 e. The summed E-state index contributed by atoms with van der Waals surface area (Å²) in [5.74, 6) is 0.721. The molecule has 3 rings (SSSR count). The molecule has 0 spiro atoms. The van der Waals surface area contributed by atoms with Crippen molar-refractivity contribution in [3.8, 4) is 5.88 Å². The average molecular weight is 329 g/mol. The van der Waals surface area contributed by atoms with Crippen molar-refractivity contribution in [1.82, 2.24) is 14.8 Å². The molecule has 0 saturated carbocycles. The van der Waals surface area contributed by atoms with Crippen molar-refractivity contribution >= 4 is 5.91 Å². The Labute approximate surface area is 142 Å². The first-order valence-corrected chi connectivity index (χ1v) is 8.38. The van der Waals surface area contributed by atoms with Gasteiger partial charge in [0.25, 0.3) is 5.91 Å². The minimum absolute atomic E-state index is 0.0440. The average Bonchev–Trinajstić information content (AvgIpc) is 3.16. The Morgan fingerprint density at radius 2 is 2.08 bits per heavy atom. The van der Waals surface area contributed by atoms with Crippen LogP contribution in [0.15, 0.2) is 41.3 Å². The van der Waals surface area contributed by atoms with Crippen molar-refractivity contribution < 1.29 is 13.9 Å². The topological polar surface area (TPSA) is 58.8 Å².